The Labute approximate surface area is 131 Å². The Balaban J connectivity index is 1.41. The molecule has 1 aromatic carbocycles. The summed E-state index contributed by atoms with van der Waals surface area (Å²) in [7, 11) is 0. The molecule has 2 aliphatic heterocycles. The topological polar surface area (TPSA) is 34.1 Å². The number of nitrogens with zero attached hydrogens (tertiary/aromatic N) is 1. The van der Waals surface area contributed by atoms with Gasteiger partial charge >= 0.3 is 0 Å². The van der Waals surface area contributed by atoms with Crippen LogP contribution in [0.15, 0.2) is 60.4 Å². The number of benzene rings is 1. The molecule has 2 aromatic rings. The van der Waals surface area contributed by atoms with Crippen LogP contribution in [0.1, 0.15) is 24.0 Å². The highest BCUT2D eigenvalue weighted by atomic mass is 16.5. The molecule has 4 rings (SSSR count). The first-order chi connectivity index (χ1) is 10.9. The molecule has 3 heteroatoms. The summed E-state index contributed by atoms with van der Waals surface area (Å²) >= 11 is 0. The number of nitrogens with one attached hydrogen (secondary N) is 1. The monoisotopic (exact) mass is 292 g/mol. The van der Waals surface area contributed by atoms with Crippen LogP contribution < -0.4 is 10.1 Å². The number of hydrogen-bond donors (Lipinski definition) is 1. The molecule has 0 radical (unpaired) electrons. The molecule has 3 heterocycles. The first-order valence-electron chi connectivity index (χ1n) is 7.94. The zero-order valence-electron chi connectivity index (χ0n) is 12.5. The van der Waals surface area contributed by atoms with E-state index in [9.17, 15) is 0 Å². The van der Waals surface area contributed by atoms with Gasteiger partial charge in [0.05, 0.1) is 6.20 Å². The average Bonchev–Trinajstić information content (AvgIpc) is 3.17. The SMILES string of the molecule is C1=C(Cc2cncc(OCc3ccccc3)c2)C2CCC1N2. The maximum Gasteiger partial charge on any atom is 0.138 e. The molecule has 1 saturated heterocycles. The Morgan fingerprint density at radius 2 is 2.00 bits per heavy atom. The maximum absolute atomic E-state index is 5.86. The molecule has 0 aliphatic carbocycles. The lowest BCUT2D eigenvalue weighted by molar-refractivity contribution is 0.304. The highest BCUT2D eigenvalue weighted by molar-refractivity contribution is 5.33. The van der Waals surface area contributed by atoms with Crippen molar-refractivity contribution in [3.05, 3.63) is 71.6 Å². The Hall–Kier alpha value is -2.13. The van der Waals surface area contributed by atoms with E-state index in [0.717, 1.165) is 12.2 Å². The molecule has 22 heavy (non-hydrogen) atoms. The quantitative estimate of drug-likeness (QED) is 0.859. The highest BCUT2D eigenvalue weighted by Gasteiger charge is 2.31. The van der Waals surface area contributed by atoms with Crippen molar-refractivity contribution in [2.24, 2.45) is 0 Å². The van der Waals surface area contributed by atoms with Gasteiger partial charge in [-0.1, -0.05) is 42.0 Å². The Morgan fingerprint density at radius 1 is 1.09 bits per heavy atom. The summed E-state index contributed by atoms with van der Waals surface area (Å²) in [6.07, 6.45) is 9.66. The van der Waals surface area contributed by atoms with Crippen molar-refractivity contribution < 1.29 is 4.74 Å². The minimum Gasteiger partial charge on any atom is -0.487 e. The molecular weight excluding hydrogens is 272 g/mol. The van der Waals surface area contributed by atoms with Gasteiger partial charge in [0.15, 0.2) is 0 Å². The molecule has 2 unspecified atom stereocenters. The van der Waals surface area contributed by atoms with E-state index < -0.39 is 0 Å². The lowest BCUT2D eigenvalue weighted by atomic mass is 9.94. The minimum atomic E-state index is 0.582. The molecule has 1 fully saturated rings. The highest BCUT2D eigenvalue weighted by Crippen LogP contribution is 2.30. The van der Waals surface area contributed by atoms with Gasteiger partial charge in [0, 0.05) is 18.3 Å². The fourth-order valence-corrected chi connectivity index (χ4v) is 3.37. The van der Waals surface area contributed by atoms with E-state index in [4.69, 9.17) is 4.74 Å². The van der Waals surface area contributed by atoms with Crippen molar-refractivity contribution in [2.45, 2.75) is 38.0 Å². The second-order valence-electron chi connectivity index (χ2n) is 6.12. The van der Waals surface area contributed by atoms with Gasteiger partial charge in [0.2, 0.25) is 0 Å². The molecule has 3 nitrogen and oxygen atoms in total. The molecule has 1 N–H and O–H groups in total. The zero-order chi connectivity index (χ0) is 14.8. The van der Waals surface area contributed by atoms with Crippen molar-refractivity contribution in [3.63, 3.8) is 0 Å². The van der Waals surface area contributed by atoms with E-state index in [1.54, 1.807) is 6.20 Å². The predicted molar refractivity (Wildman–Crippen MR) is 86.7 cm³/mol. The van der Waals surface area contributed by atoms with Gasteiger partial charge < -0.3 is 10.1 Å². The van der Waals surface area contributed by atoms with Gasteiger partial charge in [-0.2, -0.15) is 0 Å². The predicted octanol–water partition coefficient (Wildman–Crippen LogP) is 3.26. The normalized spacial score (nSPS) is 22.6. The average molecular weight is 292 g/mol. The third kappa shape index (κ3) is 2.90. The standard InChI is InChI=1S/C19H20N2O/c1-2-4-14(5-3-1)13-22-18-9-15(11-20-12-18)8-16-10-17-6-7-19(16)21-17/h1-5,9-12,17,19,21H,6-8,13H2. The molecule has 2 atom stereocenters. The van der Waals surface area contributed by atoms with Crippen LogP contribution in [0, 0.1) is 0 Å². The van der Waals surface area contributed by atoms with E-state index in [-0.39, 0.29) is 0 Å². The Morgan fingerprint density at radius 3 is 2.77 bits per heavy atom. The number of ether oxygens (including phenoxy) is 1. The molecule has 1 aromatic heterocycles. The van der Waals surface area contributed by atoms with Crippen LogP contribution in [0.2, 0.25) is 0 Å². The molecule has 0 spiro atoms. The fraction of sp³-hybridized carbons (Fsp3) is 0.316. The van der Waals surface area contributed by atoms with E-state index >= 15 is 0 Å². The van der Waals surface area contributed by atoms with Gasteiger partial charge in [-0.3, -0.25) is 4.98 Å². The van der Waals surface area contributed by atoms with Crippen LogP contribution in [-0.2, 0) is 13.0 Å². The second-order valence-corrected chi connectivity index (χ2v) is 6.12. The van der Waals surface area contributed by atoms with Crippen molar-refractivity contribution in [1.29, 1.82) is 0 Å². The Kier molecular flexibility index (Phi) is 3.65. The van der Waals surface area contributed by atoms with Gasteiger partial charge in [0.25, 0.3) is 0 Å². The fourth-order valence-electron chi connectivity index (χ4n) is 3.37. The van der Waals surface area contributed by atoms with E-state index in [1.807, 2.05) is 24.4 Å². The van der Waals surface area contributed by atoms with Crippen LogP contribution >= 0.6 is 0 Å². The van der Waals surface area contributed by atoms with Gasteiger partial charge in [0.1, 0.15) is 12.4 Å². The van der Waals surface area contributed by atoms with Crippen molar-refractivity contribution in [3.8, 4) is 5.75 Å². The lowest BCUT2D eigenvalue weighted by Gasteiger charge is -2.13. The number of pyridine rings is 1. The smallest absolute Gasteiger partial charge is 0.138 e. The number of hydrogen-bond acceptors (Lipinski definition) is 3. The lowest BCUT2D eigenvalue weighted by Crippen LogP contribution is -2.22. The van der Waals surface area contributed by atoms with Gasteiger partial charge in [-0.25, -0.2) is 0 Å². The summed E-state index contributed by atoms with van der Waals surface area (Å²) in [5.41, 5.74) is 3.91. The summed E-state index contributed by atoms with van der Waals surface area (Å²) in [6.45, 7) is 0.584. The number of aromatic nitrogens is 1. The Bertz CT molecular complexity index is 681. The van der Waals surface area contributed by atoms with E-state index in [2.05, 4.69) is 34.6 Å². The van der Waals surface area contributed by atoms with Crippen molar-refractivity contribution in [1.82, 2.24) is 10.3 Å². The molecule has 2 bridgehead atoms. The first kappa shape index (κ1) is 13.5. The summed E-state index contributed by atoms with van der Waals surface area (Å²) in [6, 6.07) is 13.5. The van der Waals surface area contributed by atoms with E-state index in [0.29, 0.717) is 18.7 Å². The molecule has 2 aliphatic rings. The summed E-state index contributed by atoms with van der Waals surface area (Å²) in [5.74, 6) is 0.845. The molecule has 0 saturated carbocycles. The van der Waals surface area contributed by atoms with Gasteiger partial charge in [-0.05, 0) is 36.5 Å². The third-order valence-corrected chi connectivity index (χ3v) is 4.47. The van der Waals surface area contributed by atoms with Crippen LogP contribution in [-0.4, -0.2) is 17.1 Å². The van der Waals surface area contributed by atoms with Crippen molar-refractivity contribution in [2.75, 3.05) is 0 Å². The molecular formula is C19H20N2O. The summed E-state index contributed by atoms with van der Waals surface area (Å²) < 4.78 is 5.86. The van der Waals surface area contributed by atoms with Gasteiger partial charge in [-0.15, -0.1) is 0 Å². The van der Waals surface area contributed by atoms with E-state index in [1.165, 1.54) is 29.5 Å². The van der Waals surface area contributed by atoms with Crippen molar-refractivity contribution >= 4 is 0 Å². The summed E-state index contributed by atoms with van der Waals surface area (Å²) in [5, 5.41) is 3.62. The number of fused-ring (bicyclic) bond motifs is 2. The second kappa shape index (κ2) is 5.93. The molecule has 0 amide bonds. The zero-order valence-corrected chi connectivity index (χ0v) is 12.5. The van der Waals surface area contributed by atoms with Crippen LogP contribution in [0.3, 0.4) is 0 Å². The largest absolute Gasteiger partial charge is 0.487 e. The minimum absolute atomic E-state index is 0.582. The maximum atomic E-state index is 5.86. The summed E-state index contributed by atoms with van der Waals surface area (Å²) in [4.78, 5) is 4.33. The number of rotatable bonds is 5. The third-order valence-electron chi connectivity index (χ3n) is 4.47. The van der Waals surface area contributed by atoms with Crippen LogP contribution in [0.4, 0.5) is 0 Å². The van der Waals surface area contributed by atoms with Crippen LogP contribution in [0.25, 0.3) is 0 Å². The first-order valence-corrected chi connectivity index (χ1v) is 7.94. The van der Waals surface area contributed by atoms with Crippen LogP contribution in [0.5, 0.6) is 5.75 Å². The molecule has 112 valence electrons.